The Kier molecular flexibility index (Phi) is 2.41. The number of halogens is 1. The lowest BCUT2D eigenvalue weighted by Crippen LogP contribution is -1.99. The van der Waals surface area contributed by atoms with Crippen molar-refractivity contribution in [3.63, 3.8) is 0 Å². The number of nitrogen functional groups attached to an aromatic ring is 1. The molecule has 0 aliphatic rings. The number of aryl methyl sites for hydroxylation is 1. The zero-order valence-corrected chi connectivity index (χ0v) is 7.21. The van der Waals surface area contributed by atoms with E-state index < -0.39 is 5.82 Å². The van der Waals surface area contributed by atoms with Crippen molar-refractivity contribution in [2.75, 3.05) is 5.73 Å². The van der Waals surface area contributed by atoms with Crippen LogP contribution in [0.5, 0.6) is 0 Å². The Morgan fingerprint density at radius 1 is 1.54 bits per heavy atom. The second-order valence-electron chi connectivity index (χ2n) is 2.74. The number of benzene rings is 1. The van der Waals surface area contributed by atoms with Gasteiger partial charge in [-0.3, -0.25) is 0 Å². The van der Waals surface area contributed by atoms with Crippen LogP contribution in [0.3, 0.4) is 0 Å². The smallest absolute Gasteiger partial charge is 0.140 e. The van der Waals surface area contributed by atoms with Gasteiger partial charge >= 0.3 is 0 Å². The highest BCUT2D eigenvalue weighted by molar-refractivity contribution is 5.72. The van der Waals surface area contributed by atoms with E-state index in [0.717, 1.165) is 12.3 Å². The van der Waals surface area contributed by atoms with Crippen molar-refractivity contribution < 1.29 is 9.50 Å². The van der Waals surface area contributed by atoms with Crippen LogP contribution in [0, 0.1) is 12.7 Å². The van der Waals surface area contributed by atoms with Gasteiger partial charge in [-0.2, -0.15) is 0 Å². The number of aliphatic hydroxyl groups is 1. The summed E-state index contributed by atoms with van der Waals surface area (Å²) in [6.45, 7) is 1.66. The van der Waals surface area contributed by atoms with Gasteiger partial charge in [0, 0.05) is 17.5 Å². The number of aliphatic hydroxyl groups excluding tert-OH is 1. The van der Waals surface area contributed by atoms with Gasteiger partial charge in [-0.15, -0.1) is 0 Å². The number of nitrogens with two attached hydrogens (primary N) is 2. The second-order valence-corrected chi connectivity index (χ2v) is 2.74. The first kappa shape index (κ1) is 9.38. The molecule has 0 heterocycles. The van der Waals surface area contributed by atoms with Gasteiger partial charge in [-0.1, -0.05) is 0 Å². The molecule has 0 amide bonds. The average molecular weight is 182 g/mol. The minimum Gasteiger partial charge on any atom is -0.506 e. The maximum absolute atomic E-state index is 12.9. The van der Waals surface area contributed by atoms with Gasteiger partial charge in [-0.05, 0) is 24.6 Å². The van der Waals surface area contributed by atoms with Crippen LogP contribution in [0.25, 0.3) is 5.76 Å². The first-order chi connectivity index (χ1) is 6.06. The zero-order valence-electron chi connectivity index (χ0n) is 7.21. The fourth-order valence-electron chi connectivity index (χ4n) is 1.06. The molecule has 70 valence electrons. The Morgan fingerprint density at radius 3 is 2.69 bits per heavy atom. The normalized spacial score (nSPS) is 11.7. The Labute approximate surface area is 75.5 Å². The third kappa shape index (κ3) is 1.72. The molecule has 3 nitrogen and oxygen atoms in total. The minimum absolute atomic E-state index is 0.222. The molecule has 0 fully saturated rings. The third-order valence-corrected chi connectivity index (χ3v) is 1.79. The quantitative estimate of drug-likeness (QED) is 0.455. The van der Waals surface area contributed by atoms with Crippen LogP contribution >= 0.6 is 0 Å². The van der Waals surface area contributed by atoms with Gasteiger partial charge in [0.15, 0.2) is 0 Å². The van der Waals surface area contributed by atoms with Crippen molar-refractivity contribution in [3.05, 3.63) is 35.3 Å². The summed E-state index contributed by atoms with van der Waals surface area (Å²) in [5.74, 6) is -0.671. The fraction of sp³-hybridized carbons (Fsp3) is 0.111. The first-order valence-corrected chi connectivity index (χ1v) is 3.73. The summed E-state index contributed by atoms with van der Waals surface area (Å²) in [5.41, 5.74) is 11.8. The second kappa shape index (κ2) is 3.35. The molecular formula is C9H11FN2O. The van der Waals surface area contributed by atoms with E-state index >= 15 is 0 Å². The van der Waals surface area contributed by atoms with E-state index in [4.69, 9.17) is 11.5 Å². The Hall–Kier alpha value is -1.71. The first-order valence-electron chi connectivity index (χ1n) is 3.73. The van der Waals surface area contributed by atoms with E-state index in [-0.39, 0.29) is 11.3 Å². The van der Waals surface area contributed by atoms with Gasteiger partial charge in [0.25, 0.3) is 0 Å². The largest absolute Gasteiger partial charge is 0.506 e. The molecule has 1 rings (SSSR count). The monoisotopic (exact) mass is 182 g/mol. The highest BCUT2D eigenvalue weighted by Gasteiger charge is 2.08. The van der Waals surface area contributed by atoms with E-state index in [1.54, 1.807) is 6.92 Å². The molecule has 13 heavy (non-hydrogen) atoms. The average Bonchev–Trinajstić information content (AvgIpc) is 2.10. The standard InChI is InChI=1S/C9H11FN2O/c1-5-2-6(10)3-7(9(5)12)8(13)4-11/h2-4,13H,11-12H2,1H3/b8-4+. The summed E-state index contributed by atoms with van der Waals surface area (Å²) >= 11 is 0. The molecule has 0 bridgehead atoms. The SMILES string of the molecule is Cc1cc(F)cc(/C(O)=C\N)c1N. The molecule has 0 aliphatic heterocycles. The van der Waals surface area contributed by atoms with Crippen LogP contribution in [-0.2, 0) is 0 Å². The number of rotatable bonds is 1. The summed E-state index contributed by atoms with van der Waals surface area (Å²) in [5, 5.41) is 9.25. The lowest BCUT2D eigenvalue weighted by molar-refractivity contribution is 0.509. The molecule has 0 spiro atoms. The zero-order chi connectivity index (χ0) is 10.0. The summed E-state index contributed by atoms with van der Waals surface area (Å²) in [7, 11) is 0. The van der Waals surface area contributed by atoms with Crippen LogP contribution < -0.4 is 11.5 Å². The summed E-state index contributed by atoms with van der Waals surface area (Å²) < 4.78 is 12.9. The van der Waals surface area contributed by atoms with Gasteiger partial charge in [0.05, 0.1) is 0 Å². The van der Waals surface area contributed by atoms with Crippen molar-refractivity contribution in [2.24, 2.45) is 5.73 Å². The molecule has 0 radical (unpaired) electrons. The minimum atomic E-state index is -0.449. The van der Waals surface area contributed by atoms with Crippen LogP contribution in [0.4, 0.5) is 10.1 Å². The van der Waals surface area contributed by atoms with Crippen molar-refractivity contribution in [1.29, 1.82) is 0 Å². The Bertz CT molecular complexity index is 361. The lowest BCUT2D eigenvalue weighted by atomic mass is 10.1. The van der Waals surface area contributed by atoms with Gasteiger partial charge in [0.1, 0.15) is 11.6 Å². The molecule has 0 aliphatic carbocycles. The molecule has 0 aromatic heterocycles. The molecule has 5 N–H and O–H groups in total. The molecule has 0 saturated heterocycles. The number of anilines is 1. The van der Waals surface area contributed by atoms with Crippen LogP contribution in [0.2, 0.25) is 0 Å². The van der Waals surface area contributed by atoms with E-state index in [1.807, 2.05) is 0 Å². The highest BCUT2D eigenvalue weighted by atomic mass is 19.1. The van der Waals surface area contributed by atoms with Crippen LogP contribution in [0.1, 0.15) is 11.1 Å². The fourth-order valence-corrected chi connectivity index (χ4v) is 1.06. The molecule has 1 aromatic carbocycles. The van der Waals surface area contributed by atoms with Crippen LogP contribution in [-0.4, -0.2) is 5.11 Å². The lowest BCUT2D eigenvalue weighted by Gasteiger charge is -2.07. The van der Waals surface area contributed by atoms with Crippen molar-refractivity contribution >= 4 is 11.4 Å². The van der Waals surface area contributed by atoms with Crippen molar-refractivity contribution in [2.45, 2.75) is 6.92 Å². The summed E-state index contributed by atoms with van der Waals surface area (Å²) in [6, 6.07) is 2.43. The Balaban J connectivity index is 3.37. The summed E-state index contributed by atoms with van der Waals surface area (Å²) in [4.78, 5) is 0. The molecule has 0 unspecified atom stereocenters. The van der Waals surface area contributed by atoms with E-state index in [2.05, 4.69) is 0 Å². The maximum Gasteiger partial charge on any atom is 0.140 e. The predicted octanol–water partition coefficient (Wildman–Crippen LogP) is 1.53. The van der Waals surface area contributed by atoms with Gasteiger partial charge in [-0.25, -0.2) is 4.39 Å². The van der Waals surface area contributed by atoms with Gasteiger partial charge in [0.2, 0.25) is 0 Å². The van der Waals surface area contributed by atoms with E-state index in [0.29, 0.717) is 11.3 Å². The number of hydrogen-bond donors (Lipinski definition) is 3. The third-order valence-electron chi connectivity index (χ3n) is 1.79. The van der Waals surface area contributed by atoms with E-state index in [1.165, 1.54) is 6.07 Å². The molecular weight excluding hydrogens is 171 g/mol. The Morgan fingerprint density at radius 2 is 2.15 bits per heavy atom. The van der Waals surface area contributed by atoms with Crippen LogP contribution in [0.15, 0.2) is 18.3 Å². The highest BCUT2D eigenvalue weighted by Crippen LogP contribution is 2.23. The van der Waals surface area contributed by atoms with E-state index in [9.17, 15) is 9.50 Å². The molecule has 4 heteroatoms. The predicted molar refractivity (Wildman–Crippen MR) is 50.3 cm³/mol. The summed E-state index contributed by atoms with van der Waals surface area (Å²) in [6.07, 6.45) is 0.977. The number of hydrogen-bond acceptors (Lipinski definition) is 3. The van der Waals surface area contributed by atoms with Crippen molar-refractivity contribution in [1.82, 2.24) is 0 Å². The topological polar surface area (TPSA) is 72.3 Å². The van der Waals surface area contributed by atoms with Crippen molar-refractivity contribution in [3.8, 4) is 0 Å². The molecule has 0 saturated carbocycles. The van der Waals surface area contributed by atoms with Gasteiger partial charge < -0.3 is 16.6 Å². The molecule has 0 atom stereocenters. The molecule has 1 aromatic rings. The maximum atomic E-state index is 12.9.